The SMILES string of the molecule is Cc1cccc(N2N=C(C(=O)N3C[C@H](C)C[C@@H](C)C3)CCC2=O)c1. The van der Waals surface area contributed by atoms with Gasteiger partial charge in [-0.25, -0.2) is 5.01 Å². The predicted octanol–water partition coefficient (Wildman–Crippen LogP) is 2.98. The molecule has 2 aliphatic rings. The van der Waals surface area contributed by atoms with Gasteiger partial charge in [0, 0.05) is 25.9 Å². The molecule has 128 valence electrons. The number of piperidine rings is 1. The van der Waals surface area contributed by atoms with Crippen molar-refractivity contribution in [2.45, 2.75) is 40.0 Å². The lowest BCUT2D eigenvalue weighted by atomic mass is 9.91. The van der Waals surface area contributed by atoms with E-state index in [4.69, 9.17) is 0 Å². The Morgan fingerprint density at radius 2 is 1.88 bits per heavy atom. The van der Waals surface area contributed by atoms with E-state index in [1.165, 1.54) is 5.01 Å². The molecule has 24 heavy (non-hydrogen) atoms. The highest BCUT2D eigenvalue weighted by Crippen LogP contribution is 2.24. The zero-order valence-electron chi connectivity index (χ0n) is 14.7. The van der Waals surface area contributed by atoms with Crippen molar-refractivity contribution in [1.29, 1.82) is 0 Å². The molecule has 1 aromatic carbocycles. The number of hydrazone groups is 1. The Bertz CT molecular complexity index is 673. The van der Waals surface area contributed by atoms with Gasteiger partial charge in [-0.1, -0.05) is 26.0 Å². The first kappa shape index (κ1) is 16.7. The third-order valence-corrected chi connectivity index (χ3v) is 4.68. The number of nitrogens with zero attached hydrogens (tertiary/aromatic N) is 3. The molecular weight excluding hydrogens is 302 g/mol. The topological polar surface area (TPSA) is 53.0 Å². The molecule has 1 aromatic rings. The second kappa shape index (κ2) is 6.75. The number of amides is 2. The molecule has 2 atom stereocenters. The normalized spacial score (nSPS) is 24.8. The first-order valence-corrected chi connectivity index (χ1v) is 8.70. The van der Waals surface area contributed by atoms with Crippen LogP contribution in [0.5, 0.6) is 0 Å². The van der Waals surface area contributed by atoms with Crippen LogP contribution in [-0.4, -0.2) is 35.5 Å². The molecule has 5 heteroatoms. The summed E-state index contributed by atoms with van der Waals surface area (Å²) in [5.41, 5.74) is 2.29. The van der Waals surface area contributed by atoms with Crippen LogP contribution in [-0.2, 0) is 9.59 Å². The summed E-state index contributed by atoms with van der Waals surface area (Å²) >= 11 is 0. The van der Waals surface area contributed by atoms with E-state index in [9.17, 15) is 9.59 Å². The molecule has 1 fully saturated rings. The van der Waals surface area contributed by atoms with Crippen LogP contribution < -0.4 is 5.01 Å². The molecule has 0 aromatic heterocycles. The summed E-state index contributed by atoms with van der Waals surface area (Å²) in [6.07, 6.45) is 1.92. The third kappa shape index (κ3) is 3.50. The highest BCUT2D eigenvalue weighted by Gasteiger charge is 2.31. The van der Waals surface area contributed by atoms with E-state index in [0.717, 1.165) is 30.8 Å². The van der Waals surface area contributed by atoms with Crippen molar-refractivity contribution in [1.82, 2.24) is 4.90 Å². The summed E-state index contributed by atoms with van der Waals surface area (Å²) < 4.78 is 0. The van der Waals surface area contributed by atoms with Gasteiger partial charge in [-0.3, -0.25) is 9.59 Å². The van der Waals surface area contributed by atoms with E-state index >= 15 is 0 Å². The lowest BCUT2D eigenvalue weighted by molar-refractivity contribution is -0.126. The maximum absolute atomic E-state index is 12.9. The molecule has 2 aliphatic heterocycles. The first-order chi connectivity index (χ1) is 11.4. The number of aryl methyl sites for hydroxylation is 1. The van der Waals surface area contributed by atoms with Crippen molar-refractivity contribution >= 4 is 23.2 Å². The van der Waals surface area contributed by atoms with E-state index in [0.29, 0.717) is 30.4 Å². The second-order valence-corrected chi connectivity index (χ2v) is 7.25. The van der Waals surface area contributed by atoms with Crippen LogP contribution in [0.2, 0.25) is 0 Å². The number of carbonyl (C=O) groups excluding carboxylic acids is 2. The summed E-state index contributed by atoms with van der Waals surface area (Å²) in [5, 5.41) is 5.80. The van der Waals surface area contributed by atoms with Gasteiger partial charge < -0.3 is 4.90 Å². The zero-order valence-corrected chi connectivity index (χ0v) is 14.7. The monoisotopic (exact) mass is 327 g/mol. The van der Waals surface area contributed by atoms with Crippen molar-refractivity contribution in [2.75, 3.05) is 18.1 Å². The van der Waals surface area contributed by atoms with E-state index in [-0.39, 0.29) is 11.8 Å². The molecule has 2 heterocycles. The number of benzene rings is 1. The Hall–Kier alpha value is -2.17. The van der Waals surface area contributed by atoms with Crippen molar-refractivity contribution in [3.8, 4) is 0 Å². The highest BCUT2D eigenvalue weighted by atomic mass is 16.2. The quantitative estimate of drug-likeness (QED) is 0.838. The first-order valence-electron chi connectivity index (χ1n) is 8.70. The molecule has 0 radical (unpaired) electrons. The number of hydrogen-bond donors (Lipinski definition) is 0. The van der Waals surface area contributed by atoms with Crippen LogP contribution >= 0.6 is 0 Å². The zero-order chi connectivity index (χ0) is 17.3. The van der Waals surface area contributed by atoms with Crippen molar-refractivity contribution in [2.24, 2.45) is 16.9 Å². The number of rotatable bonds is 2. The lowest BCUT2D eigenvalue weighted by Gasteiger charge is -2.36. The molecule has 5 nitrogen and oxygen atoms in total. The van der Waals surface area contributed by atoms with Crippen LogP contribution in [0.3, 0.4) is 0 Å². The molecule has 2 amide bonds. The fourth-order valence-corrected chi connectivity index (χ4v) is 3.68. The van der Waals surface area contributed by atoms with Gasteiger partial charge in [-0.2, -0.15) is 5.10 Å². The average molecular weight is 327 g/mol. The Balaban J connectivity index is 1.83. The Labute approximate surface area is 143 Å². The summed E-state index contributed by atoms with van der Waals surface area (Å²) in [6, 6.07) is 7.65. The van der Waals surface area contributed by atoms with Gasteiger partial charge in [0.1, 0.15) is 5.71 Å². The molecule has 0 bridgehead atoms. The molecule has 0 spiro atoms. The molecular formula is C19H25N3O2. The average Bonchev–Trinajstić information content (AvgIpc) is 2.53. The van der Waals surface area contributed by atoms with Gasteiger partial charge in [0.05, 0.1) is 5.69 Å². The molecule has 0 unspecified atom stereocenters. The molecule has 1 saturated heterocycles. The number of likely N-dealkylation sites (tertiary alicyclic amines) is 1. The van der Waals surface area contributed by atoms with Gasteiger partial charge in [-0.05, 0) is 42.9 Å². The van der Waals surface area contributed by atoms with Crippen molar-refractivity contribution < 1.29 is 9.59 Å². The smallest absolute Gasteiger partial charge is 0.270 e. The van der Waals surface area contributed by atoms with Crippen LogP contribution in [0, 0.1) is 18.8 Å². The summed E-state index contributed by atoms with van der Waals surface area (Å²) in [7, 11) is 0. The van der Waals surface area contributed by atoms with Crippen molar-refractivity contribution in [3.05, 3.63) is 29.8 Å². The van der Waals surface area contributed by atoms with Crippen molar-refractivity contribution in [3.63, 3.8) is 0 Å². The Kier molecular flexibility index (Phi) is 4.69. The maximum Gasteiger partial charge on any atom is 0.270 e. The summed E-state index contributed by atoms with van der Waals surface area (Å²) in [5.74, 6) is 0.948. The van der Waals surface area contributed by atoms with Gasteiger partial charge in [0.25, 0.3) is 5.91 Å². The van der Waals surface area contributed by atoms with E-state index in [2.05, 4.69) is 18.9 Å². The Morgan fingerprint density at radius 3 is 2.54 bits per heavy atom. The largest absolute Gasteiger partial charge is 0.337 e. The minimum absolute atomic E-state index is 0.0152. The van der Waals surface area contributed by atoms with Gasteiger partial charge in [0.15, 0.2) is 0 Å². The van der Waals surface area contributed by atoms with Crippen LogP contribution in [0.1, 0.15) is 38.7 Å². The summed E-state index contributed by atoms with van der Waals surface area (Å²) in [6.45, 7) is 7.90. The molecule has 3 rings (SSSR count). The van der Waals surface area contributed by atoms with Gasteiger partial charge in [-0.15, -0.1) is 0 Å². The number of hydrogen-bond acceptors (Lipinski definition) is 3. The van der Waals surface area contributed by atoms with E-state index < -0.39 is 0 Å². The fraction of sp³-hybridized carbons (Fsp3) is 0.526. The summed E-state index contributed by atoms with van der Waals surface area (Å²) in [4.78, 5) is 27.0. The van der Waals surface area contributed by atoms with Crippen LogP contribution in [0.25, 0.3) is 0 Å². The van der Waals surface area contributed by atoms with E-state index in [1.54, 1.807) is 0 Å². The van der Waals surface area contributed by atoms with E-state index in [1.807, 2.05) is 36.1 Å². The Morgan fingerprint density at radius 1 is 1.17 bits per heavy atom. The minimum atomic E-state index is -0.0578. The standard InChI is InChI=1S/C19H25N3O2/c1-13-5-4-6-16(10-13)22-18(23)8-7-17(20-22)19(24)21-11-14(2)9-15(3)12-21/h4-6,10,14-15H,7-9,11-12H2,1-3H3/t14-,15-/m1/s1. The molecule has 0 aliphatic carbocycles. The molecule has 0 N–H and O–H groups in total. The third-order valence-electron chi connectivity index (χ3n) is 4.68. The van der Waals surface area contributed by atoms with Crippen LogP contribution in [0.4, 0.5) is 5.69 Å². The number of carbonyl (C=O) groups is 2. The second-order valence-electron chi connectivity index (χ2n) is 7.25. The lowest BCUT2D eigenvalue weighted by Crippen LogP contribution is -2.47. The van der Waals surface area contributed by atoms with Gasteiger partial charge >= 0.3 is 0 Å². The minimum Gasteiger partial charge on any atom is -0.337 e. The predicted molar refractivity (Wildman–Crippen MR) is 94.9 cm³/mol. The van der Waals surface area contributed by atoms with Gasteiger partial charge in [0.2, 0.25) is 5.91 Å². The molecule has 0 saturated carbocycles. The van der Waals surface area contributed by atoms with Crippen LogP contribution in [0.15, 0.2) is 29.4 Å². The fourth-order valence-electron chi connectivity index (χ4n) is 3.68. The highest BCUT2D eigenvalue weighted by molar-refractivity contribution is 6.40. The number of anilines is 1. The maximum atomic E-state index is 12.9.